The molecule has 0 spiro atoms. The molecule has 0 aliphatic rings. The first-order chi connectivity index (χ1) is 7.71. The predicted octanol–water partition coefficient (Wildman–Crippen LogP) is 0.990. The van der Waals surface area contributed by atoms with Crippen molar-refractivity contribution in [1.29, 1.82) is 0 Å². The average molecular weight is 226 g/mol. The Morgan fingerprint density at radius 2 is 2.06 bits per heavy atom. The smallest absolute Gasteiger partial charge is 0.161 e. The number of aliphatic hydroxyl groups excluding tert-OH is 2. The zero-order chi connectivity index (χ0) is 12.0. The van der Waals surface area contributed by atoms with Crippen LogP contribution in [0.2, 0.25) is 0 Å². The van der Waals surface area contributed by atoms with Crippen molar-refractivity contribution in [3.8, 4) is 11.5 Å². The monoisotopic (exact) mass is 226 g/mol. The van der Waals surface area contributed by atoms with E-state index < -0.39 is 6.10 Å². The van der Waals surface area contributed by atoms with Gasteiger partial charge in [0.15, 0.2) is 11.5 Å². The Morgan fingerprint density at radius 3 is 2.62 bits per heavy atom. The number of benzene rings is 1. The number of ether oxygens (including phenoxy) is 2. The molecule has 4 heteroatoms. The fourth-order valence-corrected chi connectivity index (χ4v) is 1.45. The Balaban J connectivity index is 2.81. The molecule has 90 valence electrons. The van der Waals surface area contributed by atoms with E-state index in [0.29, 0.717) is 24.5 Å². The van der Waals surface area contributed by atoms with Crippen LogP contribution in [0.15, 0.2) is 18.2 Å². The van der Waals surface area contributed by atoms with Gasteiger partial charge in [-0.05, 0) is 24.6 Å². The lowest BCUT2D eigenvalue weighted by Crippen LogP contribution is -2.15. The molecule has 0 aliphatic heterocycles. The van der Waals surface area contributed by atoms with E-state index in [9.17, 15) is 5.11 Å². The van der Waals surface area contributed by atoms with E-state index in [4.69, 9.17) is 14.6 Å². The van der Waals surface area contributed by atoms with Gasteiger partial charge in [-0.25, -0.2) is 0 Å². The van der Waals surface area contributed by atoms with Crippen molar-refractivity contribution in [3.63, 3.8) is 0 Å². The molecule has 4 nitrogen and oxygen atoms in total. The first-order valence-electron chi connectivity index (χ1n) is 5.29. The van der Waals surface area contributed by atoms with Gasteiger partial charge in [0.05, 0.1) is 26.4 Å². The Labute approximate surface area is 95.4 Å². The largest absolute Gasteiger partial charge is 0.493 e. The summed E-state index contributed by atoms with van der Waals surface area (Å²) in [5.74, 6) is 1.33. The van der Waals surface area contributed by atoms with Crippen LogP contribution in [-0.4, -0.2) is 36.6 Å². The summed E-state index contributed by atoms with van der Waals surface area (Å²) in [4.78, 5) is 0. The summed E-state index contributed by atoms with van der Waals surface area (Å²) in [5, 5.41) is 18.1. The van der Waals surface area contributed by atoms with Gasteiger partial charge in [0.2, 0.25) is 0 Å². The van der Waals surface area contributed by atoms with E-state index in [1.165, 1.54) is 0 Å². The molecule has 16 heavy (non-hydrogen) atoms. The minimum absolute atomic E-state index is 0.241. The molecule has 0 radical (unpaired) electrons. The van der Waals surface area contributed by atoms with Crippen molar-refractivity contribution in [3.05, 3.63) is 23.8 Å². The van der Waals surface area contributed by atoms with E-state index in [1.54, 1.807) is 7.11 Å². The van der Waals surface area contributed by atoms with Gasteiger partial charge >= 0.3 is 0 Å². The van der Waals surface area contributed by atoms with Gasteiger partial charge < -0.3 is 19.7 Å². The summed E-state index contributed by atoms with van der Waals surface area (Å²) >= 11 is 0. The number of aliphatic hydroxyl groups is 2. The minimum Gasteiger partial charge on any atom is -0.493 e. The van der Waals surface area contributed by atoms with Gasteiger partial charge in [0, 0.05) is 6.42 Å². The molecule has 0 aromatic heterocycles. The van der Waals surface area contributed by atoms with Gasteiger partial charge in [-0.1, -0.05) is 6.07 Å². The third-order valence-electron chi connectivity index (χ3n) is 2.21. The Kier molecular flexibility index (Phi) is 5.08. The molecule has 0 saturated heterocycles. The highest BCUT2D eigenvalue weighted by Gasteiger charge is 2.08. The highest BCUT2D eigenvalue weighted by Crippen LogP contribution is 2.28. The highest BCUT2D eigenvalue weighted by atomic mass is 16.5. The van der Waals surface area contributed by atoms with Crippen LogP contribution < -0.4 is 9.47 Å². The summed E-state index contributed by atoms with van der Waals surface area (Å²) in [7, 11) is 1.57. The number of hydrogen-bond donors (Lipinski definition) is 2. The molecule has 0 aliphatic carbocycles. The second-order valence-electron chi connectivity index (χ2n) is 3.46. The van der Waals surface area contributed by atoms with Crippen molar-refractivity contribution in [2.45, 2.75) is 19.4 Å². The zero-order valence-electron chi connectivity index (χ0n) is 9.64. The van der Waals surface area contributed by atoms with E-state index in [2.05, 4.69) is 0 Å². The molecule has 1 aromatic rings. The zero-order valence-corrected chi connectivity index (χ0v) is 9.64. The fourth-order valence-electron chi connectivity index (χ4n) is 1.45. The van der Waals surface area contributed by atoms with Crippen LogP contribution in [0.5, 0.6) is 11.5 Å². The molecule has 0 saturated carbocycles. The Morgan fingerprint density at radius 1 is 1.31 bits per heavy atom. The lowest BCUT2D eigenvalue weighted by Gasteiger charge is -2.12. The molecule has 0 amide bonds. The van der Waals surface area contributed by atoms with Crippen molar-refractivity contribution < 1.29 is 19.7 Å². The van der Waals surface area contributed by atoms with Crippen molar-refractivity contribution >= 4 is 0 Å². The molecule has 1 unspecified atom stereocenters. The standard InChI is InChI=1S/C12H18O4/c1-3-16-11-5-4-9(6-10(14)8-13)7-12(11)15-2/h4-5,7,10,13-14H,3,6,8H2,1-2H3. The maximum Gasteiger partial charge on any atom is 0.161 e. The van der Waals surface area contributed by atoms with Crippen LogP contribution in [-0.2, 0) is 6.42 Å². The molecule has 0 heterocycles. The van der Waals surface area contributed by atoms with E-state index >= 15 is 0 Å². The van der Waals surface area contributed by atoms with Crippen LogP contribution in [0.25, 0.3) is 0 Å². The Hall–Kier alpha value is -1.26. The molecule has 1 atom stereocenters. The average Bonchev–Trinajstić information content (AvgIpc) is 2.31. The molecule has 0 bridgehead atoms. The van der Waals surface area contributed by atoms with E-state index in [1.807, 2.05) is 25.1 Å². The third kappa shape index (κ3) is 3.40. The first kappa shape index (κ1) is 12.8. The van der Waals surface area contributed by atoms with Crippen molar-refractivity contribution in [1.82, 2.24) is 0 Å². The van der Waals surface area contributed by atoms with Crippen LogP contribution in [0, 0.1) is 0 Å². The van der Waals surface area contributed by atoms with E-state index in [-0.39, 0.29) is 6.61 Å². The lowest BCUT2D eigenvalue weighted by atomic mass is 10.1. The van der Waals surface area contributed by atoms with Gasteiger partial charge in [-0.2, -0.15) is 0 Å². The SMILES string of the molecule is CCOc1ccc(CC(O)CO)cc1OC. The van der Waals surface area contributed by atoms with Crippen molar-refractivity contribution in [2.24, 2.45) is 0 Å². The first-order valence-corrected chi connectivity index (χ1v) is 5.29. The maximum absolute atomic E-state index is 9.33. The molecular weight excluding hydrogens is 208 g/mol. The highest BCUT2D eigenvalue weighted by molar-refractivity contribution is 5.43. The normalized spacial score (nSPS) is 12.2. The van der Waals surface area contributed by atoms with Crippen LogP contribution in [0.4, 0.5) is 0 Å². The summed E-state index contributed by atoms with van der Waals surface area (Å²) in [6.07, 6.45) is -0.332. The topological polar surface area (TPSA) is 58.9 Å². The second kappa shape index (κ2) is 6.35. The summed E-state index contributed by atoms with van der Waals surface area (Å²) in [5.41, 5.74) is 0.904. The molecule has 0 fully saturated rings. The van der Waals surface area contributed by atoms with Crippen LogP contribution in [0.3, 0.4) is 0 Å². The fraction of sp³-hybridized carbons (Fsp3) is 0.500. The molecule has 2 N–H and O–H groups in total. The number of methoxy groups -OCH3 is 1. The summed E-state index contributed by atoms with van der Waals surface area (Å²) in [6.45, 7) is 2.24. The lowest BCUT2D eigenvalue weighted by molar-refractivity contribution is 0.0954. The quantitative estimate of drug-likeness (QED) is 0.759. The van der Waals surface area contributed by atoms with Crippen molar-refractivity contribution in [2.75, 3.05) is 20.3 Å². The van der Waals surface area contributed by atoms with Gasteiger partial charge in [0.1, 0.15) is 0 Å². The van der Waals surface area contributed by atoms with Gasteiger partial charge in [-0.3, -0.25) is 0 Å². The minimum atomic E-state index is -0.734. The van der Waals surface area contributed by atoms with Crippen LogP contribution in [0.1, 0.15) is 12.5 Å². The summed E-state index contributed by atoms with van der Waals surface area (Å²) in [6, 6.07) is 5.47. The predicted molar refractivity (Wildman–Crippen MR) is 61.0 cm³/mol. The number of hydrogen-bond acceptors (Lipinski definition) is 4. The summed E-state index contributed by atoms with van der Waals surface area (Å²) < 4.78 is 10.6. The second-order valence-corrected chi connectivity index (χ2v) is 3.46. The Bertz CT molecular complexity index is 325. The molecule has 1 rings (SSSR count). The van der Waals surface area contributed by atoms with Crippen LogP contribution >= 0.6 is 0 Å². The van der Waals surface area contributed by atoms with Gasteiger partial charge in [-0.15, -0.1) is 0 Å². The molecule has 1 aromatic carbocycles. The van der Waals surface area contributed by atoms with E-state index in [0.717, 1.165) is 5.56 Å². The maximum atomic E-state index is 9.33. The number of rotatable bonds is 6. The third-order valence-corrected chi connectivity index (χ3v) is 2.21. The van der Waals surface area contributed by atoms with Gasteiger partial charge in [0.25, 0.3) is 0 Å². The molecular formula is C12H18O4.